The van der Waals surface area contributed by atoms with E-state index in [2.05, 4.69) is 69.2 Å². The molecule has 0 saturated carbocycles. The molecule has 0 fully saturated rings. The molecule has 0 amide bonds. The zero-order valence-corrected chi connectivity index (χ0v) is 13.0. The molecule has 0 N–H and O–H groups in total. The first kappa shape index (κ1) is 15.5. The van der Waals surface area contributed by atoms with E-state index in [1.54, 1.807) is 0 Å². The lowest BCUT2D eigenvalue weighted by Gasteiger charge is -2.41. The van der Waals surface area contributed by atoms with Crippen molar-refractivity contribution < 1.29 is 0 Å². The van der Waals surface area contributed by atoms with Gasteiger partial charge in [-0.3, -0.25) is 0 Å². The van der Waals surface area contributed by atoms with Crippen LogP contribution in [0.5, 0.6) is 0 Å². The zero-order chi connectivity index (χ0) is 13.3. The normalized spacial score (nSPS) is 14.6. The van der Waals surface area contributed by atoms with E-state index in [0.29, 0.717) is 5.41 Å². The highest BCUT2D eigenvalue weighted by atomic mass is 14.4. The molecule has 0 aliphatic heterocycles. The summed E-state index contributed by atoms with van der Waals surface area (Å²) in [6.07, 6.45) is 0. The van der Waals surface area contributed by atoms with Crippen molar-refractivity contribution >= 4 is 0 Å². The van der Waals surface area contributed by atoms with Gasteiger partial charge >= 0.3 is 0 Å². The molecule has 0 unspecified atom stereocenters. The van der Waals surface area contributed by atoms with Gasteiger partial charge in [0.15, 0.2) is 0 Å². The van der Waals surface area contributed by atoms with Gasteiger partial charge in [-0.1, -0.05) is 45.8 Å². The predicted molar refractivity (Wildman–Crippen MR) is 75.7 cm³/mol. The Labute approximate surface area is 103 Å². The third kappa shape index (κ3) is 2.99. The molecule has 0 heteroatoms. The summed E-state index contributed by atoms with van der Waals surface area (Å²) in [5.74, 6) is 0. The molecular weight excluding hydrogens is 192 g/mol. The second-order valence-electron chi connectivity index (χ2n) is 6.75. The van der Waals surface area contributed by atoms with Crippen LogP contribution in [0, 0.1) is 10.8 Å². The van der Waals surface area contributed by atoms with Crippen LogP contribution < -0.4 is 0 Å². The quantitative estimate of drug-likeness (QED) is 0.522. The average Bonchev–Trinajstić information content (AvgIpc) is 2.12. The molecule has 0 nitrogen and oxygen atoms in total. The summed E-state index contributed by atoms with van der Waals surface area (Å²) in [5, 5.41) is 0. The van der Waals surface area contributed by atoms with E-state index in [1.807, 2.05) is 0 Å². The molecule has 0 aliphatic rings. The van der Waals surface area contributed by atoms with Crippen LogP contribution in [0.25, 0.3) is 0 Å². The minimum Gasteiger partial charge on any atom is -0.0732 e. The first-order valence-electron chi connectivity index (χ1n) is 6.25. The van der Waals surface area contributed by atoms with Gasteiger partial charge in [0.2, 0.25) is 0 Å². The van der Waals surface area contributed by atoms with Crippen LogP contribution in [-0.2, 0) is 0 Å². The SMILES string of the molecule is CC(C)=C(C)C(C)=C(C)C(C)(C)C(C)(C)C. The lowest BCUT2D eigenvalue weighted by atomic mass is 9.64. The molecule has 0 spiro atoms. The Bertz CT molecular complexity index is 312. The van der Waals surface area contributed by atoms with Crippen LogP contribution in [-0.4, -0.2) is 0 Å². The van der Waals surface area contributed by atoms with Crippen LogP contribution in [0.3, 0.4) is 0 Å². The lowest BCUT2D eigenvalue weighted by molar-refractivity contribution is 0.176. The summed E-state index contributed by atoms with van der Waals surface area (Å²) >= 11 is 0. The third-order valence-electron chi connectivity index (χ3n) is 4.69. The van der Waals surface area contributed by atoms with Crippen molar-refractivity contribution in [1.82, 2.24) is 0 Å². The largest absolute Gasteiger partial charge is 0.0732 e. The van der Waals surface area contributed by atoms with Gasteiger partial charge in [0.25, 0.3) is 0 Å². The molecule has 16 heavy (non-hydrogen) atoms. The Morgan fingerprint density at radius 1 is 0.625 bits per heavy atom. The molecule has 0 heterocycles. The van der Waals surface area contributed by atoms with Crippen molar-refractivity contribution in [3.8, 4) is 0 Å². The van der Waals surface area contributed by atoms with Crippen molar-refractivity contribution in [1.29, 1.82) is 0 Å². The number of rotatable bonds is 2. The van der Waals surface area contributed by atoms with Gasteiger partial charge in [-0.25, -0.2) is 0 Å². The van der Waals surface area contributed by atoms with Gasteiger partial charge < -0.3 is 0 Å². The second-order valence-corrected chi connectivity index (χ2v) is 6.75. The molecule has 0 aliphatic carbocycles. The molecule has 0 rings (SSSR count). The number of hydrogen-bond acceptors (Lipinski definition) is 0. The molecule has 94 valence electrons. The third-order valence-corrected chi connectivity index (χ3v) is 4.69. The van der Waals surface area contributed by atoms with Gasteiger partial charge in [0, 0.05) is 0 Å². The van der Waals surface area contributed by atoms with Crippen molar-refractivity contribution in [3.05, 3.63) is 22.3 Å². The van der Waals surface area contributed by atoms with Crippen LogP contribution in [0.15, 0.2) is 22.3 Å². The molecule has 0 saturated heterocycles. The summed E-state index contributed by atoms with van der Waals surface area (Å²) in [4.78, 5) is 0. The summed E-state index contributed by atoms with van der Waals surface area (Å²) in [5.41, 5.74) is 6.35. The van der Waals surface area contributed by atoms with E-state index in [-0.39, 0.29) is 5.41 Å². The van der Waals surface area contributed by atoms with E-state index in [1.165, 1.54) is 22.3 Å². The highest BCUT2D eigenvalue weighted by Crippen LogP contribution is 2.45. The molecule has 0 aromatic rings. The Balaban J connectivity index is 5.60. The van der Waals surface area contributed by atoms with Crippen LogP contribution >= 0.6 is 0 Å². The van der Waals surface area contributed by atoms with E-state index >= 15 is 0 Å². The van der Waals surface area contributed by atoms with Gasteiger partial charge in [0.1, 0.15) is 0 Å². The van der Waals surface area contributed by atoms with Crippen molar-refractivity contribution in [2.75, 3.05) is 0 Å². The first-order valence-corrected chi connectivity index (χ1v) is 6.25. The molecule has 0 atom stereocenters. The summed E-state index contributed by atoms with van der Waals surface area (Å²) in [7, 11) is 0. The minimum atomic E-state index is 0.230. The maximum atomic E-state index is 2.35. The van der Waals surface area contributed by atoms with Gasteiger partial charge in [-0.15, -0.1) is 0 Å². The van der Waals surface area contributed by atoms with Gasteiger partial charge in [0.05, 0.1) is 0 Å². The zero-order valence-electron chi connectivity index (χ0n) is 13.0. The summed E-state index contributed by atoms with van der Waals surface area (Å²) < 4.78 is 0. The average molecular weight is 222 g/mol. The van der Waals surface area contributed by atoms with Gasteiger partial charge in [-0.2, -0.15) is 0 Å². The van der Waals surface area contributed by atoms with E-state index in [9.17, 15) is 0 Å². The first-order chi connectivity index (χ1) is 6.93. The highest BCUT2D eigenvalue weighted by Gasteiger charge is 2.35. The summed E-state index contributed by atoms with van der Waals surface area (Å²) in [6, 6.07) is 0. The van der Waals surface area contributed by atoms with Crippen molar-refractivity contribution in [3.63, 3.8) is 0 Å². The lowest BCUT2D eigenvalue weighted by Crippen LogP contribution is -2.31. The standard InChI is InChI=1S/C16H30/c1-11(2)12(3)13(4)14(5)16(9,10)15(6,7)8/h1-10H3. The number of allylic oxidation sites excluding steroid dienone is 4. The smallest absolute Gasteiger partial charge is 0.00931 e. The van der Waals surface area contributed by atoms with Crippen LogP contribution in [0.2, 0.25) is 0 Å². The minimum absolute atomic E-state index is 0.230. The van der Waals surface area contributed by atoms with E-state index in [0.717, 1.165) is 0 Å². The number of hydrogen-bond donors (Lipinski definition) is 0. The highest BCUT2D eigenvalue weighted by molar-refractivity contribution is 5.37. The Morgan fingerprint density at radius 3 is 1.25 bits per heavy atom. The van der Waals surface area contributed by atoms with Gasteiger partial charge in [-0.05, 0) is 56.6 Å². The molecule has 0 aromatic carbocycles. The molecular formula is C16H30. The maximum absolute atomic E-state index is 2.35. The Hall–Kier alpha value is -0.520. The fourth-order valence-corrected chi connectivity index (χ4v) is 1.69. The van der Waals surface area contributed by atoms with E-state index in [4.69, 9.17) is 0 Å². The van der Waals surface area contributed by atoms with E-state index < -0.39 is 0 Å². The summed E-state index contributed by atoms with van der Waals surface area (Å²) in [6.45, 7) is 22.8. The monoisotopic (exact) mass is 222 g/mol. The molecule has 0 radical (unpaired) electrons. The topological polar surface area (TPSA) is 0 Å². The Morgan fingerprint density at radius 2 is 1.00 bits per heavy atom. The second kappa shape index (κ2) is 4.77. The fourth-order valence-electron chi connectivity index (χ4n) is 1.69. The van der Waals surface area contributed by atoms with Crippen molar-refractivity contribution in [2.45, 2.75) is 69.2 Å². The van der Waals surface area contributed by atoms with Crippen LogP contribution in [0.1, 0.15) is 69.2 Å². The maximum Gasteiger partial charge on any atom is -0.00931 e. The fraction of sp³-hybridized carbons (Fsp3) is 0.750. The Kier molecular flexibility index (Phi) is 4.62. The molecule has 0 bridgehead atoms. The molecule has 0 aromatic heterocycles. The van der Waals surface area contributed by atoms with Crippen LogP contribution in [0.4, 0.5) is 0 Å². The predicted octanol–water partition coefficient (Wildman–Crippen LogP) is 5.75. The van der Waals surface area contributed by atoms with Crippen molar-refractivity contribution in [2.24, 2.45) is 10.8 Å².